The average Bonchev–Trinajstić information content (AvgIpc) is 2.24. The van der Waals surface area contributed by atoms with Crippen molar-refractivity contribution in [3.05, 3.63) is 0 Å². The highest BCUT2D eigenvalue weighted by atomic mass is 19.4. The van der Waals surface area contributed by atoms with Crippen molar-refractivity contribution < 1.29 is 23.0 Å². The number of piperidine rings is 1. The number of alkyl halides is 3. The largest absolute Gasteiger partial charge is 0.416 e. The Morgan fingerprint density at radius 3 is 2.69 bits per heavy atom. The normalized spacial score (nSPS) is 24.4. The molecule has 2 unspecified atom stereocenters. The zero-order valence-corrected chi connectivity index (χ0v) is 9.09. The quantitative estimate of drug-likeness (QED) is 0.716. The van der Waals surface area contributed by atoms with Crippen LogP contribution in [0.3, 0.4) is 0 Å². The van der Waals surface area contributed by atoms with Crippen molar-refractivity contribution in [2.75, 3.05) is 19.8 Å². The predicted octanol–water partition coefficient (Wildman–Crippen LogP) is 1.46. The molecule has 0 aromatic carbocycles. The van der Waals surface area contributed by atoms with Crippen LogP contribution in [0.4, 0.5) is 13.2 Å². The van der Waals surface area contributed by atoms with E-state index in [2.05, 4.69) is 5.32 Å². The van der Waals surface area contributed by atoms with Crippen LogP contribution in [0.25, 0.3) is 0 Å². The van der Waals surface area contributed by atoms with E-state index in [0.29, 0.717) is 12.5 Å². The molecule has 0 radical (unpaired) electrons. The van der Waals surface area contributed by atoms with E-state index in [4.69, 9.17) is 9.84 Å². The monoisotopic (exact) mass is 241 g/mol. The molecule has 1 rings (SSSR count). The van der Waals surface area contributed by atoms with Gasteiger partial charge < -0.3 is 15.2 Å². The minimum atomic E-state index is -4.58. The highest BCUT2D eigenvalue weighted by molar-refractivity contribution is 4.72. The maximum Gasteiger partial charge on any atom is 0.416 e. The standard InChI is InChI=1S/C10H18F3NO2/c11-10(12,13)9(15)7-16-6-4-8-3-1-2-5-14-8/h8-9,14-15H,1-7H2. The summed E-state index contributed by atoms with van der Waals surface area (Å²) in [4.78, 5) is 0. The third-order valence-corrected chi connectivity index (χ3v) is 2.68. The number of halogens is 3. The van der Waals surface area contributed by atoms with Gasteiger partial charge in [0.05, 0.1) is 6.61 Å². The van der Waals surface area contributed by atoms with Gasteiger partial charge in [-0.2, -0.15) is 13.2 Å². The molecule has 1 aliphatic heterocycles. The highest BCUT2D eigenvalue weighted by Crippen LogP contribution is 2.20. The summed E-state index contributed by atoms with van der Waals surface area (Å²) < 4.78 is 40.5. The summed E-state index contributed by atoms with van der Waals surface area (Å²) in [6.07, 6.45) is -2.89. The van der Waals surface area contributed by atoms with E-state index in [1.807, 2.05) is 0 Å². The Kier molecular flexibility index (Phi) is 5.51. The zero-order valence-electron chi connectivity index (χ0n) is 9.09. The van der Waals surface area contributed by atoms with Crippen LogP contribution < -0.4 is 5.32 Å². The number of aliphatic hydroxyl groups excluding tert-OH is 1. The molecule has 2 atom stereocenters. The van der Waals surface area contributed by atoms with Gasteiger partial charge in [0.15, 0.2) is 6.10 Å². The van der Waals surface area contributed by atoms with Crippen LogP contribution in [0.5, 0.6) is 0 Å². The third kappa shape index (κ3) is 5.14. The predicted molar refractivity (Wildman–Crippen MR) is 53.1 cm³/mol. The van der Waals surface area contributed by atoms with Gasteiger partial charge in [0, 0.05) is 12.6 Å². The van der Waals surface area contributed by atoms with Crippen LogP contribution in [0.15, 0.2) is 0 Å². The minimum Gasteiger partial charge on any atom is -0.382 e. The van der Waals surface area contributed by atoms with Crippen molar-refractivity contribution in [1.29, 1.82) is 0 Å². The topological polar surface area (TPSA) is 41.5 Å². The molecule has 1 saturated heterocycles. The number of hydrogen-bond acceptors (Lipinski definition) is 3. The molecular weight excluding hydrogens is 223 g/mol. The molecule has 16 heavy (non-hydrogen) atoms. The average molecular weight is 241 g/mol. The van der Waals surface area contributed by atoms with Gasteiger partial charge in [-0.1, -0.05) is 6.42 Å². The fourth-order valence-corrected chi connectivity index (χ4v) is 1.69. The van der Waals surface area contributed by atoms with E-state index in [0.717, 1.165) is 25.8 Å². The Morgan fingerprint density at radius 2 is 2.12 bits per heavy atom. The lowest BCUT2D eigenvalue weighted by molar-refractivity contribution is -0.217. The molecule has 1 aliphatic rings. The molecule has 0 aromatic rings. The first-order valence-electron chi connectivity index (χ1n) is 5.56. The second-order valence-electron chi connectivity index (χ2n) is 4.07. The smallest absolute Gasteiger partial charge is 0.382 e. The molecule has 2 N–H and O–H groups in total. The Balaban J connectivity index is 2.02. The van der Waals surface area contributed by atoms with E-state index in [1.54, 1.807) is 0 Å². The molecule has 0 aliphatic carbocycles. The van der Waals surface area contributed by atoms with Crippen LogP contribution in [0.1, 0.15) is 25.7 Å². The fourth-order valence-electron chi connectivity index (χ4n) is 1.69. The lowest BCUT2D eigenvalue weighted by atomic mass is 10.0. The molecule has 96 valence electrons. The molecule has 0 aromatic heterocycles. The number of hydrogen-bond donors (Lipinski definition) is 2. The molecule has 0 amide bonds. The van der Waals surface area contributed by atoms with Crippen LogP contribution in [0.2, 0.25) is 0 Å². The summed E-state index contributed by atoms with van der Waals surface area (Å²) in [7, 11) is 0. The van der Waals surface area contributed by atoms with Crippen molar-refractivity contribution >= 4 is 0 Å². The van der Waals surface area contributed by atoms with Crippen molar-refractivity contribution in [2.24, 2.45) is 0 Å². The minimum absolute atomic E-state index is 0.255. The Labute approximate surface area is 93.0 Å². The third-order valence-electron chi connectivity index (χ3n) is 2.68. The number of rotatable bonds is 5. The summed E-state index contributed by atoms with van der Waals surface area (Å²) in [5, 5.41) is 11.9. The van der Waals surface area contributed by atoms with Crippen molar-refractivity contribution in [3.8, 4) is 0 Å². The summed E-state index contributed by atoms with van der Waals surface area (Å²) in [6, 6.07) is 0.344. The number of nitrogens with one attached hydrogen (secondary N) is 1. The van der Waals surface area contributed by atoms with Crippen LogP contribution in [0, 0.1) is 0 Å². The molecule has 1 heterocycles. The van der Waals surface area contributed by atoms with Crippen LogP contribution in [-0.2, 0) is 4.74 Å². The van der Waals surface area contributed by atoms with Crippen molar-refractivity contribution in [2.45, 2.75) is 44.0 Å². The Hall–Kier alpha value is -0.330. The second-order valence-corrected chi connectivity index (χ2v) is 4.07. The highest BCUT2D eigenvalue weighted by Gasteiger charge is 2.38. The van der Waals surface area contributed by atoms with Crippen molar-refractivity contribution in [1.82, 2.24) is 5.32 Å². The summed E-state index contributed by atoms with van der Waals surface area (Å²) >= 11 is 0. The first kappa shape index (κ1) is 13.7. The van der Waals surface area contributed by atoms with Crippen LogP contribution in [-0.4, -0.2) is 43.2 Å². The molecule has 0 spiro atoms. The van der Waals surface area contributed by atoms with Gasteiger partial charge in [-0.05, 0) is 25.8 Å². The van der Waals surface area contributed by atoms with E-state index in [9.17, 15) is 13.2 Å². The Bertz CT molecular complexity index is 193. The van der Waals surface area contributed by atoms with Gasteiger partial charge in [-0.15, -0.1) is 0 Å². The van der Waals surface area contributed by atoms with E-state index in [1.165, 1.54) is 0 Å². The van der Waals surface area contributed by atoms with Gasteiger partial charge in [-0.25, -0.2) is 0 Å². The molecule has 0 saturated carbocycles. The maximum atomic E-state index is 11.9. The molecule has 3 nitrogen and oxygen atoms in total. The van der Waals surface area contributed by atoms with Gasteiger partial charge in [-0.3, -0.25) is 0 Å². The van der Waals surface area contributed by atoms with Gasteiger partial charge >= 0.3 is 6.18 Å². The van der Waals surface area contributed by atoms with Gasteiger partial charge in [0.2, 0.25) is 0 Å². The first-order valence-corrected chi connectivity index (χ1v) is 5.56. The lowest BCUT2D eigenvalue weighted by Gasteiger charge is -2.23. The summed E-state index contributed by atoms with van der Waals surface area (Å²) in [5.74, 6) is 0. The van der Waals surface area contributed by atoms with E-state index >= 15 is 0 Å². The molecule has 0 bridgehead atoms. The summed E-state index contributed by atoms with van der Waals surface area (Å²) in [5.41, 5.74) is 0. The second kappa shape index (κ2) is 6.42. The lowest BCUT2D eigenvalue weighted by Crippen LogP contribution is -2.36. The zero-order chi connectivity index (χ0) is 12.0. The van der Waals surface area contributed by atoms with Crippen molar-refractivity contribution in [3.63, 3.8) is 0 Å². The molecule has 1 fully saturated rings. The fraction of sp³-hybridized carbons (Fsp3) is 1.00. The van der Waals surface area contributed by atoms with Crippen LogP contribution >= 0.6 is 0 Å². The van der Waals surface area contributed by atoms with E-state index in [-0.39, 0.29) is 6.61 Å². The van der Waals surface area contributed by atoms with Gasteiger partial charge in [0.1, 0.15) is 0 Å². The first-order chi connectivity index (χ1) is 7.50. The molecule has 6 heteroatoms. The molecular formula is C10H18F3NO2. The maximum absolute atomic E-state index is 11.9. The number of ether oxygens (including phenoxy) is 1. The van der Waals surface area contributed by atoms with Gasteiger partial charge in [0.25, 0.3) is 0 Å². The number of aliphatic hydroxyl groups is 1. The Morgan fingerprint density at radius 1 is 1.38 bits per heavy atom. The van der Waals surface area contributed by atoms with E-state index < -0.39 is 18.9 Å². The summed E-state index contributed by atoms with van der Waals surface area (Å²) in [6.45, 7) is 0.552. The SMILES string of the molecule is OC(COCCC1CCCCN1)C(F)(F)F.